The molecule has 0 bridgehead atoms. The van der Waals surface area contributed by atoms with Gasteiger partial charge >= 0.3 is 5.97 Å². The van der Waals surface area contributed by atoms with Crippen LogP contribution >= 0.6 is 0 Å². The third-order valence-corrected chi connectivity index (χ3v) is 3.94. The first-order valence-corrected chi connectivity index (χ1v) is 9.21. The van der Waals surface area contributed by atoms with E-state index >= 15 is 0 Å². The molecule has 0 unspecified atom stereocenters. The zero-order valence-corrected chi connectivity index (χ0v) is 16.2. The molecule has 3 rings (SSSR count). The normalized spacial score (nSPS) is 10.2. The number of hydrogen-bond acceptors (Lipinski definition) is 6. The number of rotatable bonds is 8. The van der Waals surface area contributed by atoms with Crippen molar-refractivity contribution in [3.8, 4) is 5.75 Å². The van der Waals surface area contributed by atoms with E-state index < -0.39 is 24.4 Å². The van der Waals surface area contributed by atoms with E-state index in [4.69, 9.17) is 13.9 Å². The number of carbonyl (C=O) groups is 3. The highest BCUT2D eigenvalue weighted by molar-refractivity contribution is 6.07. The number of ether oxygens (including phenoxy) is 2. The van der Waals surface area contributed by atoms with Gasteiger partial charge in [0.25, 0.3) is 11.8 Å². The minimum absolute atomic E-state index is 0.102. The summed E-state index contributed by atoms with van der Waals surface area (Å²) in [5, 5.41) is 5.24. The van der Waals surface area contributed by atoms with Gasteiger partial charge in [0.05, 0.1) is 29.8 Å². The molecule has 0 saturated carbocycles. The maximum atomic E-state index is 12.5. The lowest BCUT2D eigenvalue weighted by Gasteiger charge is -2.12. The Kier molecular flexibility index (Phi) is 6.83. The van der Waals surface area contributed by atoms with E-state index in [2.05, 4.69) is 10.6 Å². The van der Waals surface area contributed by atoms with Crippen molar-refractivity contribution in [2.45, 2.75) is 6.92 Å². The molecule has 0 atom stereocenters. The van der Waals surface area contributed by atoms with Crippen molar-refractivity contribution in [2.75, 3.05) is 23.8 Å². The van der Waals surface area contributed by atoms with Crippen LogP contribution in [0, 0.1) is 0 Å². The Bertz CT molecular complexity index is 1030. The largest absolute Gasteiger partial charge is 0.492 e. The molecule has 154 valence electrons. The number of carbonyl (C=O) groups excluding carboxylic acids is 3. The van der Waals surface area contributed by atoms with Crippen LogP contribution in [0.2, 0.25) is 0 Å². The standard InChI is InChI=1S/C22H20N2O6/c1-2-28-18-11-6-5-10-17(18)23-20(25)14-30-22(27)15-8-3-4-9-16(15)24-21(26)19-12-7-13-29-19/h3-13H,2,14H2,1H3,(H,23,25)(H,24,26). The predicted octanol–water partition coefficient (Wildman–Crippen LogP) is 3.73. The number of hydrogen-bond donors (Lipinski definition) is 2. The number of nitrogens with one attached hydrogen (secondary N) is 2. The van der Waals surface area contributed by atoms with Gasteiger partial charge < -0.3 is 24.5 Å². The van der Waals surface area contributed by atoms with Crippen molar-refractivity contribution < 1.29 is 28.3 Å². The third-order valence-electron chi connectivity index (χ3n) is 3.94. The van der Waals surface area contributed by atoms with Gasteiger partial charge in [-0.25, -0.2) is 4.79 Å². The fraction of sp³-hybridized carbons (Fsp3) is 0.136. The van der Waals surface area contributed by atoms with E-state index in [1.807, 2.05) is 6.92 Å². The van der Waals surface area contributed by atoms with Crippen LogP contribution in [0.3, 0.4) is 0 Å². The summed E-state index contributed by atoms with van der Waals surface area (Å²) >= 11 is 0. The highest BCUT2D eigenvalue weighted by atomic mass is 16.5. The van der Waals surface area contributed by atoms with Crippen LogP contribution in [0.1, 0.15) is 27.8 Å². The fourth-order valence-corrected chi connectivity index (χ4v) is 2.61. The molecule has 0 radical (unpaired) electrons. The van der Waals surface area contributed by atoms with Gasteiger partial charge in [-0.3, -0.25) is 9.59 Å². The van der Waals surface area contributed by atoms with Gasteiger partial charge in [0.15, 0.2) is 12.4 Å². The molecule has 0 aliphatic heterocycles. The molecular formula is C22H20N2O6. The molecule has 0 saturated heterocycles. The molecule has 30 heavy (non-hydrogen) atoms. The number of amides is 2. The Morgan fingerprint density at radius 3 is 2.37 bits per heavy atom. The van der Waals surface area contributed by atoms with Crippen LogP contribution in [-0.2, 0) is 9.53 Å². The lowest BCUT2D eigenvalue weighted by molar-refractivity contribution is -0.119. The van der Waals surface area contributed by atoms with Gasteiger partial charge in [-0.15, -0.1) is 0 Å². The second kappa shape index (κ2) is 9.92. The average molecular weight is 408 g/mol. The van der Waals surface area contributed by atoms with E-state index in [0.29, 0.717) is 18.0 Å². The number of anilines is 2. The molecule has 0 spiro atoms. The summed E-state index contributed by atoms with van der Waals surface area (Å²) < 4.78 is 15.6. The molecule has 8 heteroatoms. The van der Waals surface area contributed by atoms with Gasteiger partial charge in [-0.2, -0.15) is 0 Å². The first kappa shape index (κ1) is 20.7. The van der Waals surface area contributed by atoms with Gasteiger partial charge in [0.2, 0.25) is 0 Å². The zero-order chi connectivity index (χ0) is 21.3. The molecule has 1 heterocycles. The van der Waals surface area contributed by atoms with Crippen molar-refractivity contribution >= 4 is 29.2 Å². The first-order chi connectivity index (χ1) is 14.6. The van der Waals surface area contributed by atoms with E-state index in [9.17, 15) is 14.4 Å². The molecular weight excluding hydrogens is 388 g/mol. The van der Waals surface area contributed by atoms with Crippen molar-refractivity contribution in [2.24, 2.45) is 0 Å². The summed E-state index contributed by atoms with van der Waals surface area (Å²) in [5.74, 6) is -1.16. The molecule has 0 fully saturated rings. The molecule has 2 aromatic carbocycles. The second-order valence-corrected chi connectivity index (χ2v) is 6.03. The zero-order valence-electron chi connectivity index (χ0n) is 16.2. The summed E-state index contributed by atoms with van der Waals surface area (Å²) in [4.78, 5) is 36.8. The lowest BCUT2D eigenvalue weighted by atomic mass is 10.1. The van der Waals surface area contributed by atoms with Crippen molar-refractivity contribution in [3.05, 3.63) is 78.3 Å². The van der Waals surface area contributed by atoms with Crippen molar-refractivity contribution in [3.63, 3.8) is 0 Å². The fourth-order valence-electron chi connectivity index (χ4n) is 2.61. The minimum Gasteiger partial charge on any atom is -0.492 e. The van der Waals surface area contributed by atoms with E-state index in [1.165, 1.54) is 18.4 Å². The molecule has 8 nitrogen and oxygen atoms in total. The summed E-state index contributed by atoms with van der Waals surface area (Å²) in [6.07, 6.45) is 1.37. The minimum atomic E-state index is -0.751. The first-order valence-electron chi connectivity index (χ1n) is 9.21. The van der Waals surface area contributed by atoms with Gasteiger partial charge in [0.1, 0.15) is 5.75 Å². The quantitative estimate of drug-likeness (QED) is 0.550. The van der Waals surface area contributed by atoms with Crippen LogP contribution in [0.25, 0.3) is 0 Å². The Balaban J connectivity index is 1.61. The SMILES string of the molecule is CCOc1ccccc1NC(=O)COC(=O)c1ccccc1NC(=O)c1ccco1. The molecule has 2 N–H and O–H groups in total. The van der Waals surface area contributed by atoms with Crippen LogP contribution in [-0.4, -0.2) is 31.0 Å². The Morgan fingerprint density at radius 1 is 0.900 bits per heavy atom. The predicted molar refractivity (Wildman–Crippen MR) is 110 cm³/mol. The van der Waals surface area contributed by atoms with Crippen LogP contribution in [0.15, 0.2) is 71.3 Å². The van der Waals surface area contributed by atoms with Crippen molar-refractivity contribution in [1.82, 2.24) is 0 Å². The summed E-state index contributed by atoms with van der Waals surface area (Å²) in [5.41, 5.74) is 0.831. The monoisotopic (exact) mass is 408 g/mol. The molecule has 1 aromatic heterocycles. The number of para-hydroxylation sites is 3. The van der Waals surface area contributed by atoms with Crippen LogP contribution in [0.4, 0.5) is 11.4 Å². The Labute approximate surface area is 172 Å². The molecule has 2 amide bonds. The molecule has 3 aromatic rings. The van der Waals surface area contributed by atoms with Crippen LogP contribution < -0.4 is 15.4 Å². The maximum Gasteiger partial charge on any atom is 0.340 e. The second-order valence-electron chi connectivity index (χ2n) is 6.03. The van der Waals surface area contributed by atoms with Crippen LogP contribution in [0.5, 0.6) is 5.75 Å². The number of benzene rings is 2. The van der Waals surface area contributed by atoms with Gasteiger partial charge in [-0.1, -0.05) is 24.3 Å². The average Bonchev–Trinajstić information content (AvgIpc) is 3.29. The van der Waals surface area contributed by atoms with E-state index in [0.717, 1.165) is 0 Å². The summed E-state index contributed by atoms with van der Waals surface area (Å²) in [7, 11) is 0. The van der Waals surface area contributed by atoms with E-state index in [1.54, 1.807) is 48.5 Å². The maximum absolute atomic E-state index is 12.5. The smallest absolute Gasteiger partial charge is 0.340 e. The lowest BCUT2D eigenvalue weighted by Crippen LogP contribution is -2.22. The third kappa shape index (κ3) is 5.26. The summed E-state index contributed by atoms with van der Waals surface area (Å²) in [6.45, 7) is 1.78. The topological polar surface area (TPSA) is 107 Å². The van der Waals surface area contributed by atoms with Gasteiger partial charge in [-0.05, 0) is 43.3 Å². The Hall–Kier alpha value is -4.07. The molecule has 0 aliphatic rings. The Morgan fingerprint density at radius 2 is 1.63 bits per heavy atom. The number of esters is 1. The van der Waals surface area contributed by atoms with Gasteiger partial charge in [0, 0.05) is 0 Å². The molecule has 0 aliphatic carbocycles. The van der Waals surface area contributed by atoms with E-state index in [-0.39, 0.29) is 17.0 Å². The van der Waals surface area contributed by atoms with Crippen molar-refractivity contribution in [1.29, 1.82) is 0 Å². The summed E-state index contributed by atoms with van der Waals surface area (Å²) in [6, 6.07) is 16.4. The highest BCUT2D eigenvalue weighted by Crippen LogP contribution is 2.23. The highest BCUT2D eigenvalue weighted by Gasteiger charge is 2.18. The number of furan rings is 1.